The smallest absolute Gasteiger partial charge is 0.153 e. The molecule has 4 nitrogen and oxygen atoms in total. The second kappa shape index (κ2) is 5.73. The third-order valence-corrected chi connectivity index (χ3v) is 2.70. The number of rotatable bonds is 3. The van der Waals surface area contributed by atoms with Crippen molar-refractivity contribution in [3.8, 4) is 11.8 Å². The third kappa shape index (κ3) is 2.65. The fourth-order valence-electron chi connectivity index (χ4n) is 1.13. The third-order valence-electron chi connectivity index (χ3n) is 1.80. The molecule has 0 saturated heterocycles. The first-order chi connectivity index (χ1) is 7.63. The van der Waals surface area contributed by atoms with Gasteiger partial charge in [-0.3, -0.25) is 0 Å². The number of hydrogen-bond acceptors (Lipinski definition) is 3. The topological polar surface area (TPSA) is 71.4 Å². The zero-order valence-corrected chi connectivity index (χ0v) is 10.8. The summed E-state index contributed by atoms with van der Waals surface area (Å²) in [5.41, 5.74) is 6.28. The Morgan fingerprint density at radius 3 is 2.88 bits per heavy atom. The first-order valence-corrected chi connectivity index (χ1v) is 5.62. The molecule has 0 aromatic heterocycles. The molecule has 1 aromatic rings. The molecule has 0 bridgehead atoms. The summed E-state index contributed by atoms with van der Waals surface area (Å²) in [6.45, 7) is 0. The first-order valence-electron chi connectivity index (χ1n) is 4.29. The van der Waals surface area contributed by atoms with E-state index in [0.29, 0.717) is 21.5 Å². The number of benzene rings is 1. The van der Waals surface area contributed by atoms with Gasteiger partial charge in [-0.25, -0.2) is 4.99 Å². The minimum absolute atomic E-state index is 0.114. The highest BCUT2D eigenvalue weighted by atomic mass is 79.9. The Labute approximate surface area is 107 Å². The van der Waals surface area contributed by atoms with Crippen LogP contribution in [0, 0.1) is 11.3 Å². The Morgan fingerprint density at radius 2 is 2.38 bits per heavy atom. The van der Waals surface area contributed by atoms with Gasteiger partial charge >= 0.3 is 0 Å². The summed E-state index contributed by atoms with van der Waals surface area (Å²) in [4.78, 5) is 4.04. The summed E-state index contributed by atoms with van der Waals surface area (Å²) < 4.78 is 5.80. The molecule has 0 aliphatic heterocycles. The zero-order valence-electron chi connectivity index (χ0n) is 8.50. The van der Waals surface area contributed by atoms with Crippen LogP contribution < -0.4 is 10.5 Å². The van der Waals surface area contributed by atoms with E-state index in [9.17, 15) is 0 Å². The molecule has 0 aliphatic carbocycles. The van der Waals surface area contributed by atoms with Gasteiger partial charge in [0.25, 0.3) is 0 Å². The van der Waals surface area contributed by atoms with Gasteiger partial charge in [0, 0.05) is 0 Å². The lowest BCUT2D eigenvalue weighted by molar-refractivity contribution is 0.411. The molecule has 84 valence electrons. The molecule has 0 fully saturated rings. The maximum atomic E-state index is 9.05. The highest BCUT2D eigenvalue weighted by Crippen LogP contribution is 2.35. The molecule has 2 N–H and O–H groups in total. The van der Waals surface area contributed by atoms with Gasteiger partial charge in [-0.15, -0.1) is 11.6 Å². The van der Waals surface area contributed by atoms with Crippen molar-refractivity contribution in [2.75, 3.05) is 13.0 Å². The fraction of sp³-hybridized carbons (Fsp3) is 0.200. The number of ether oxygens (including phenoxy) is 1. The number of nitrogens with two attached hydrogens (primary N) is 1. The molecule has 0 aliphatic rings. The average molecular weight is 303 g/mol. The van der Waals surface area contributed by atoms with Crippen molar-refractivity contribution in [1.82, 2.24) is 0 Å². The monoisotopic (exact) mass is 301 g/mol. The second-order valence-electron chi connectivity index (χ2n) is 2.82. The summed E-state index contributed by atoms with van der Waals surface area (Å²) in [5.74, 6) is 0.803. The van der Waals surface area contributed by atoms with E-state index in [0.717, 1.165) is 0 Å². The molecule has 0 spiro atoms. The van der Waals surface area contributed by atoms with E-state index in [4.69, 9.17) is 27.3 Å². The van der Waals surface area contributed by atoms with Gasteiger partial charge in [0.15, 0.2) is 5.75 Å². The van der Waals surface area contributed by atoms with Crippen LogP contribution in [0.25, 0.3) is 0 Å². The summed E-state index contributed by atoms with van der Waals surface area (Å²) in [6.07, 6.45) is 0. The van der Waals surface area contributed by atoms with E-state index in [-0.39, 0.29) is 11.7 Å². The molecule has 0 unspecified atom stereocenters. The predicted octanol–water partition coefficient (Wildman–Crippen LogP) is 2.56. The van der Waals surface area contributed by atoms with E-state index < -0.39 is 0 Å². The molecular weight excluding hydrogens is 293 g/mol. The summed E-state index contributed by atoms with van der Waals surface area (Å²) in [5, 5.41) is 9.05. The van der Waals surface area contributed by atoms with Crippen LogP contribution in [0.1, 0.15) is 5.56 Å². The lowest BCUT2D eigenvalue weighted by atomic mass is 10.2. The van der Waals surface area contributed by atoms with E-state index in [2.05, 4.69) is 20.9 Å². The number of amidine groups is 1. The number of nitrogens with zero attached hydrogens (tertiary/aromatic N) is 2. The van der Waals surface area contributed by atoms with Crippen molar-refractivity contribution in [2.24, 2.45) is 10.7 Å². The number of alkyl halides is 1. The number of aliphatic imine (C=N–C) groups is 1. The highest BCUT2D eigenvalue weighted by molar-refractivity contribution is 9.10. The van der Waals surface area contributed by atoms with Crippen molar-refractivity contribution in [3.63, 3.8) is 0 Å². The van der Waals surface area contributed by atoms with Crippen molar-refractivity contribution in [2.45, 2.75) is 0 Å². The molecule has 0 saturated carbocycles. The zero-order chi connectivity index (χ0) is 12.1. The van der Waals surface area contributed by atoms with Crippen LogP contribution in [0.15, 0.2) is 21.6 Å². The van der Waals surface area contributed by atoms with Crippen LogP contribution in [0.3, 0.4) is 0 Å². The van der Waals surface area contributed by atoms with Gasteiger partial charge in [-0.1, -0.05) is 0 Å². The molecular formula is C10H9BrClN3O. The van der Waals surface area contributed by atoms with Gasteiger partial charge in [0.2, 0.25) is 0 Å². The Balaban J connectivity index is 3.37. The highest BCUT2D eigenvalue weighted by Gasteiger charge is 2.12. The summed E-state index contributed by atoms with van der Waals surface area (Å²) in [6, 6.07) is 5.43. The van der Waals surface area contributed by atoms with E-state index >= 15 is 0 Å². The Morgan fingerprint density at radius 1 is 1.69 bits per heavy atom. The lowest BCUT2D eigenvalue weighted by Crippen LogP contribution is -2.12. The van der Waals surface area contributed by atoms with E-state index in [1.54, 1.807) is 12.1 Å². The van der Waals surface area contributed by atoms with Gasteiger partial charge in [0.05, 0.1) is 23.1 Å². The number of halogens is 2. The van der Waals surface area contributed by atoms with Gasteiger partial charge in [-0.2, -0.15) is 5.26 Å². The summed E-state index contributed by atoms with van der Waals surface area (Å²) >= 11 is 8.81. The molecule has 16 heavy (non-hydrogen) atoms. The maximum absolute atomic E-state index is 9.05. The largest absolute Gasteiger partial charge is 0.494 e. The standard InChI is InChI=1S/C10H9BrClN3O/c1-16-10-6(5-13)8(3-2-7(10)11)15-9(14)4-12/h2-3H,4H2,1H3,(H2,14,15). The van der Waals surface area contributed by atoms with Crippen LogP contribution >= 0.6 is 27.5 Å². The molecule has 0 atom stereocenters. The van der Waals surface area contributed by atoms with Crippen molar-refractivity contribution < 1.29 is 4.74 Å². The molecule has 0 heterocycles. The van der Waals surface area contributed by atoms with Crippen LogP contribution in [-0.2, 0) is 0 Å². The molecule has 0 radical (unpaired) electrons. The van der Waals surface area contributed by atoms with E-state index in [1.807, 2.05) is 6.07 Å². The fourth-order valence-corrected chi connectivity index (χ4v) is 1.68. The molecule has 6 heteroatoms. The van der Waals surface area contributed by atoms with Crippen molar-refractivity contribution >= 4 is 39.1 Å². The van der Waals surface area contributed by atoms with Crippen LogP contribution in [0.4, 0.5) is 5.69 Å². The predicted molar refractivity (Wildman–Crippen MR) is 67.4 cm³/mol. The first kappa shape index (κ1) is 12.8. The maximum Gasteiger partial charge on any atom is 0.153 e. The minimum Gasteiger partial charge on any atom is -0.494 e. The second-order valence-corrected chi connectivity index (χ2v) is 3.94. The number of methoxy groups -OCH3 is 1. The molecule has 1 aromatic carbocycles. The number of nitriles is 1. The van der Waals surface area contributed by atoms with Crippen LogP contribution in [-0.4, -0.2) is 18.8 Å². The SMILES string of the molecule is COc1c(Br)ccc(N=C(N)CCl)c1C#N. The van der Waals surface area contributed by atoms with Gasteiger partial charge in [-0.05, 0) is 28.1 Å². The Kier molecular flexibility index (Phi) is 4.59. The van der Waals surface area contributed by atoms with E-state index in [1.165, 1.54) is 7.11 Å². The summed E-state index contributed by atoms with van der Waals surface area (Å²) in [7, 11) is 1.49. The lowest BCUT2D eigenvalue weighted by Gasteiger charge is -2.07. The molecule has 1 rings (SSSR count). The Bertz CT molecular complexity index is 468. The molecule has 0 amide bonds. The van der Waals surface area contributed by atoms with Crippen molar-refractivity contribution in [1.29, 1.82) is 5.26 Å². The van der Waals surface area contributed by atoms with Crippen LogP contribution in [0.2, 0.25) is 0 Å². The van der Waals surface area contributed by atoms with Crippen molar-refractivity contribution in [3.05, 3.63) is 22.2 Å². The van der Waals surface area contributed by atoms with Gasteiger partial charge < -0.3 is 10.5 Å². The quantitative estimate of drug-likeness (QED) is 0.530. The number of hydrogen-bond donors (Lipinski definition) is 1. The van der Waals surface area contributed by atoms with Gasteiger partial charge in [0.1, 0.15) is 17.5 Å². The average Bonchev–Trinajstić information content (AvgIpc) is 2.30. The normalized spacial score (nSPS) is 11.0. The van der Waals surface area contributed by atoms with Crippen LogP contribution in [0.5, 0.6) is 5.75 Å². The minimum atomic E-state index is 0.114. The Hall–Kier alpha value is -1.25.